The highest BCUT2D eigenvalue weighted by atomic mass is 16.6. The summed E-state index contributed by atoms with van der Waals surface area (Å²) in [6.45, 7) is 6.45. The maximum Gasteiger partial charge on any atom is 0.306 e. The van der Waals surface area contributed by atoms with E-state index in [1.807, 2.05) is 6.08 Å². The van der Waals surface area contributed by atoms with Crippen LogP contribution >= 0.6 is 0 Å². The zero-order valence-corrected chi connectivity index (χ0v) is 46.7. The summed E-state index contributed by atoms with van der Waals surface area (Å²) < 4.78 is 16.8. The fourth-order valence-electron chi connectivity index (χ4n) is 8.36. The molecule has 0 aliphatic heterocycles. The number of unbranched alkanes of at least 4 members (excludes halogenated alkanes) is 29. The van der Waals surface area contributed by atoms with Gasteiger partial charge in [0.1, 0.15) is 13.2 Å². The molecule has 0 bridgehead atoms. The Morgan fingerprint density at radius 3 is 0.986 bits per heavy atom. The summed E-state index contributed by atoms with van der Waals surface area (Å²) in [5, 5.41) is 0. The van der Waals surface area contributed by atoms with E-state index in [0.29, 0.717) is 19.3 Å². The lowest BCUT2D eigenvalue weighted by Crippen LogP contribution is -2.30. The molecule has 0 aliphatic carbocycles. The van der Waals surface area contributed by atoms with E-state index in [0.717, 1.165) is 77.0 Å². The van der Waals surface area contributed by atoms with Crippen LogP contribution in [0.3, 0.4) is 0 Å². The third kappa shape index (κ3) is 57.4. The van der Waals surface area contributed by atoms with Crippen molar-refractivity contribution in [1.82, 2.24) is 0 Å². The number of allylic oxidation sites excluding steroid dienone is 14. The molecule has 0 spiro atoms. The van der Waals surface area contributed by atoms with Gasteiger partial charge in [0.05, 0.1) is 0 Å². The third-order valence-electron chi connectivity index (χ3n) is 12.9. The average Bonchev–Trinajstić information content (AvgIpc) is 3.37. The minimum absolute atomic E-state index is 0.101. The maximum atomic E-state index is 12.9. The standard InChI is InChI=1S/C65H112O6/c1-4-7-10-13-16-19-22-25-27-29-30-31-32-33-34-36-37-40-43-46-49-52-55-58-64(67)70-61-62(60-69-63(66)57-54-51-48-45-42-39-24-21-18-15-12-9-6-3)71-65(68)59-56-53-50-47-44-41-38-35-28-26-23-20-17-14-11-8-5-2/h9,12,17-18,20-21,26,28-30,39,42,48,51,62H,4-8,10-11,13-16,19,22-25,27,31-38,40-41,43-47,49-50,52-61H2,1-3H3/b12-9-,20-17-,21-18-,28-26-,30-29-,42-39-,51-48-. The maximum absolute atomic E-state index is 12.9. The summed E-state index contributed by atoms with van der Waals surface area (Å²) in [4.78, 5) is 38.1. The Morgan fingerprint density at radius 2 is 0.577 bits per heavy atom. The lowest BCUT2D eigenvalue weighted by atomic mass is 10.0. The molecular weight excluding hydrogens is 877 g/mol. The second-order valence-corrected chi connectivity index (χ2v) is 19.9. The molecule has 0 saturated carbocycles. The van der Waals surface area contributed by atoms with Gasteiger partial charge in [0.25, 0.3) is 0 Å². The Labute approximate surface area is 439 Å². The topological polar surface area (TPSA) is 78.9 Å². The second kappa shape index (κ2) is 59.2. The molecule has 1 unspecified atom stereocenters. The highest BCUT2D eigenvalue weighted by Gasteiger charge is 2.19. The lowest BCUT2D eigenvalue weighted by molar-refractivity contribution is -0.166. The number of esters is 3. The van der Waals surface area contributed by atoms with Gasteiger partial charge in [-0.3, -0.25) is 14.4 Å². The predicted molar refractivity (Wildman–Crippen MR) is 307 cm³/mol. The van der Waals surface area contributed by atoms with E-state index in [-0.39, 0.29) is 37.5 Å². The summed E-state index contributed by atoms with van der Waals surface area (Å²) in [6.07, 6.45) is 77.4. The summed E-state index contributed by atoms with van der Waals surface area (Å²) in [5.41, 5.74) is 0. The molecule has 0 radical (unpaired) electrons. The van der Waals surface area contributed by atoms with Crippen molar-refractivity contribution in [1.29, 1.82) is 0 Å². The van der Waals surface area contributed by atoms with Gasteiger partial charge in [0.15, 0.2) is 6.10 Å². The molecule has 0 fully saturated rings. The zero-order valence-electron chi connectivity index (χ0n) is 46.7. The summed E-state index contributed by atoms with van der Waals surface area (Å²) >= 11 is 0. The van der Waals surface area contributed by atoms with Gasteiger partial charge < -0.3 is 14.2 Å². The number of rotatable bonds is 54. The second-order valence-electron chi connectivity index (χ2n) is 19.9. The van der Waals surface area contributed by atoms with Gasteiger partial charge in [-0.05, 0) is 103 Å². The van der Waals surface area contributed by atoms with Crippen molar-refractivity contribution in [3.8, 4) is 0 Å². The molecule has 0 aromatic heterocycles. The highest BCUT2D eigenvalue weighted by Crippen LogP contribution is 2.16. The van der Waals surface area contributed by atoms with Crippen LogP contribution in [0.4, 0.5) is 0 Å². The number of ether oxygens (including phenoxy) is 3. The van der Waals surface area contributed by atoms with E-state index >= 15 is 0 Å². The van der Waals surface area contributed by atoms with E-state index in [1.54, 1.807) is 0 Å². The fraction of sp³-hybridized carbons (Fsp3) is 0.738. The van der Waals surface area contributed by atoms with Gasteiger partial charge in [0.2, 0.25) is 0 Å². The van der Waals surface area contributed by atoms with E-state index in [4.69, 9.17) is 14.2 Å². The Hall–Kier alpha value is -3.41. The minimum atomic E-state index is -0.810. The van der Waals surface area contributed by atoms with E-state index in [2.05, 4.69) is 99.8 Å². The molecule has 0 aromatic carbocycles. The average molecular weight is 990 g/mol. The summed E-state index contributed by atoms with van der Waals surface area (Å²) in [7, 11) is 0. The van der Waals surface area contributed by atoms with Crippen LogP contribution < -0.4 is 0 Å². The number of carbonyl (C=O) groups is 3. The Kier molecular flexibility index (Phi) is 56.3. The van der Waals surface area contributed by atoms with E-state index in [9.17, 15) is 14.4 Å². The van der Waals surface area contributed by atoms with Crippen molar-refractivity contribution in [3.05, 3.63) is 85.1 Å². The van der Waals surface area contributed by atoms with E-state index in [1.165, 1.54) is 167 Å². The molecule has 6 heteroatoms. The van der Waals surface area contributed by atoms with Crippen molar-refractivity contribution in [3.63, 3.8) is 0 Å². The van der Waals surface area contributed by atoms with Crippen LogP contribution in [0.25, 0.3) is 0 Å². The first-order valence-corrected chi connectivity index (χ1v) is 30.1. The van der Waals surface area contributed by atoms with Crippen LogP contribution in [0.1, 0.15) is 290 Å². The molecule has 0 heterocycles. The number of hydrogen-bond acceptors (Lipinski definition) is 6. The first kappa shape index (κ1) is 67.6. The molecule has 0 aromatic rings. The largest absolute Gasteiger partial charge is 0.462 e. The van der Waals surface area contributed by atoms with Gasteiger partial charge in [-0.1, -0.05) is 254 Å². The number of hydrogen-bond donors (Lipinski definition) is 0. The zero-order chi connectivity index (χ0) is 51.4. The van der Waals surface area contributed by atoms with Gasteiger partial charge >= 0.3 is 17.9 Å². The molecule has 1 atom stereocenters. The van der Waals surface area contributed by atoms with Crippen LogP contribution in [0, 0.1) is 0 Å². The Morgan fingerprint density at radius 1 is 0.296 bits per heavy atom. The van der Waals surface area contributed by atoms with Crippen LogP contribution in [0.5, 0.6) is 0 Å². The first-order valence-electron chi connectivity index (χ1n) is 30.1. The van der Waals surface area contributed by atoms with Crippen LogP contribution in [0.15, 0.2) is 85.1 Å². The minimum Gasteiger partial charge on any atom is -0.462 e. The number of carbonyl (C=O) groups excluding carboxylic acids is 3. The molecule has 0 amide bonds. The van der Waals surface area contributed by atoms with Crippen LogP contribution in [0.2, 0.25) is 0 Å². The quantitative estimate of drug-likeness (QED) is 0.0261. The normalized spacial score (nSPS) is 12.7. The van der Waals surface area contributed by atoms with Crippen molar-refractivity contribution in [2.24, 2.45) is 0 Å². The molecular formula is C65H112O6. The van der Waals surface area contributed by atoms with Gasteiger partial charge in [-0.15, -0.1) is 0 Å². The SMILES string of the molecule is CC/C=C\C/C=C\C/C=C\C/C=C\CCC(=O)OCC(COC(=O)CCCCCCCCCCCCC/C=C\CCCCCCCCCC)OC(=O)CCCCCCCCC/C=C\C/C=C\CCCCC. The monoisotopic (exact) mass is 989 g/mol. The van der Waals surface area contributed by atoms with Crippen molar-refractivity contribution >= 4 is 17.9 Å². The lowest BCUT2D eigenvalue weighted by Gasteiger charge is -2.18. The molecule has 71 heavy (non-hydrogen) atoms. The van der Waals surface area contributed by atoms with E-state index < -0.39 is 6.10 Å². The Balaban J connectivity index is 4.37. The molecule has 408 valence electrons. The smallest absolute Gasteiger partial charge is 0.306 e. The molecule has 0 aliphatic rings. The molecule has 0 N–H and O–H groups in total. The van der Waals surface area contributed by atoms with Crippen LogP contribution in [-0.2, 0) is 28.6 Å². The third-order valence-corrected chi connectivity index (χ3v) is 12.9. The van der Waals surface area contributed by atoms with Gasteiger partial charge in [-0.25, -0.2) is 0 Å². The molecule has 6 nitrogen and oxygen atoms in total. The highest BCUT2D eigenvalue weighted by molar-refractivity contribution is 5.71. The van der Waals surface area contributed by atoms with Gasteiger partial charge in [0, 0.05) is 19.3 Å². The van der Waals surface area contributed by atoms with Gasteiger partial charge in [-0.2, -0.15) is 0 Å². The van der Waals surface area contributed by atoms with Crippen molar-refractivity contribution in [2.75, 3.05) is 13.2 Å². The Bertz CT molecular complexity index is 1370. The summed E-state index contributed by atoms with van der Waals surface area (Å²) in [5.74, 6) is -0.988. The van der Waals surface area contributed by atoms with Crippen molar-refractivity contribution in [2.45, 2.75) is 297 Å². The van der Waals surface area contributed by atoms with Crippen molar-refractivity contribution < 1.29 is 28.6 Å². The fourth-order valence-corrected chi connectivity index (χ4v) is 8.36. The summed E-state index contributed by atoms with van der Waals surface area (Å²) in [6, 6.07) is 0. The first-order chi connectivity index (χ1) is 35.0. The predicted octanol–water partition coefficient (Wildman–Crippen LogP) is 20.3. The van der Waals surface area contributed by atoms with Crippen LogP contribution in [-0.4, -0.2) is 37.2 Å². The molecule has 0 rings (SSSR count). The molecule has 0 saturated heterocycles.